The Balaban J connectivity index is 1.67. The lowest BCUT2D eigenvalue weighted by Crippen LogP contribution is -2.40. The van der Waals surface area contributed by atoms with Crippen LogP contribution in [0.25, 0.3) is 5.69 Å². The molecule has 1 aliphatic carbocycles. The van der Waals surface area contributed by atoms with Gasteiger partial charge >= 0.3 is 0 Å². The highest BCUT2D eigenvalue weighted by atomic mass is 15.5. The SMILES string of the molecule is CCC1(CNC(C)c2cccc(-n3cnnn3)c2)CCC1. The lowest BCUT2D eigenvalue weighted by Gasteiger charge is -2.42. The van der Waals surface area contributed by atoms with Crippen molar-refractivity contribution in [1.82, 2.24) is 25.5 Å². The molecule has 112 valence electrons. The summed E-state index contributed by atoms with van der Waals surface area (Å²) in [4.78, 5) is 0. The number of tetrazole rings is 1. The van der Waals surface area contributed by atoms with E-state index in [1.807, 2.05) is 6.07 Å². The van der Waals surface area contributed by atoms with Crippen LogP contribution in [0.15, 0.2) is 30.6 Å². The minimum absolute atomic E-state index is 0.338. The van der Waals surface area contributed by atoms with Crippen molar-refractivity contribution < 1.29 is 0 Å². The van der Waals surface area contributed by atoms with Crippen LogP contribution < -0.4 is 5.32 Å². The zero-order chi connectivity index (χ0) is 14.7. The maximum atomic E-state index is 3.94. The Morgan fingerprint density at radius 1 is 1.38 bits per heavy atom. The summed E-state index contributed by atoms with van der Waals surface area (Å²) in [5.74, 6) is 0. The Hall–Kier alpha value is -1.75. The molecule has 1 aromatic heterocycles. The van der Waals surface area contributed by atoms with Crippen molar-refractivity contribution in [1.29, 1.82) is 0 Å². The first-order valence-corrected chi connectivity index (χ1v) is 7.79. The van der Waals surface area contributed by atoms with Gasteiger partial charge in [-0.05, 0) is 59.7 Å². The molecule has 0 bridgehead atoms. The Kier molecular flexibility index (Phi) is 4.01. The van der Waals surface area contributed by atoms with Crippen molar-refractivity contribution in [3.05, 3.63) is 36.2 Å². The zero-order valence-corrected chi connectivity index (χ0v) is 12.8. The van der Waals surface area contributed by atoms with Gasteiger partial charge < -0.3 is 5.32 Å². The third-order valence-electron chi connectivity index (χ3n) is 4.93. The summed E-state index contributed by atoms with van der Waals surface area (Å²) in [5.41, 5.74) is 2.82. The number of aromatic nitrogens is 4. The van der Waals surface area contributed by atoms with E-state index in [0.29, 0.717) is 11.5 Å². The molecule has 5 heteroatoms. The molecule has 1 N–H and O–H groups in total. The van der Waals surface area contributed by atoms with Crippen molar-refractivity contribution in [3.8, 4) is 5.69 Å². The summed E-state index contributed by atoms with van der Waals surface area (Å²) in [6.07, 6.45) is 7.02. The molecule has 1 fully saturated rings. The molecule has 0 amide bonds. The zero-order valence-electron chi connectivity index (χ0n) is 12.8. The first kappa shape index (κ1) is 14.2. The first-order chi connectivity index (χ1) is 10.2. The van der Waals surface area contributed by atoms with Crippen molar-refractivity contribution in [2.45, 2.75) is 45.6 Å². The van der Waals surface area contributed by atoms with E-state index in [0.717, 1.165) is 12.2 Å². The molecule has 5 nitrogen and oxygen atoms in total. The van der Waals surface area contributed by atoms with Crippen molar-refractivity contribution in [2.24, 2.45) is 5.41 Å². The molecule has 2 aromatic rings. The third kappa shape index (κ3) is 2.97. The molecule has 21 heavy (non-hydrogen) atoms. The molecule has 0 aliphatic heterocycles. The van der Waals surface area contributed by atoms with Crippen LogP contribution in [-0.2, 0) is 0 Å². The molecule has 0 saturated heterocycles. The minimum Gasteiger partial charge on any atom is -0.310 e. The van der Waals surface area contributed by atoms with Crippen LogP contribution in [0.5, 0.6) is 0 Å². The van der Waals surface area contributed by atoms with Gasteiger partial charge in [0.25, 0.3) is 0 Å². The maximum absolute atomic E-state index is 3.94. The van der Waals surface area contributed by atoms with E-state index >= 15 is 0 Å². The smallest absolute Gasteiger partial charge is 0.143 e. The standard InChI is InChI=1S/C16H23N5/c1-3-16(8-5-9-16)11-17-13(2)14-6-4-7-15(10-14)21-12-18-19-20-21/h4,6-7,10,12-13,17H,3,5,8-9,11H2,1-2H3. The summed E-state index contributed by atoms with van der Waals surface area (Å²) in [5, 5.41) is 15.0. The maximum Gasteiger partial charge on any atom is 0.143 e. The number of nitrogens with zero attached hydrogens (tertiary/aromatic N) is 4. The quantitative estimate of drug-likeness (QED) is 0.886. The van der Waals surface area contributed by atoms with Gasteiger partial charge in [-0.1, -0.05) is 25.5 Å². The number of hydrogen-bond donors (Lipinski definition) is 1. The summed E-state index contributed by atoms with van der Waals surface area (Å²) in [6.45, 7) is 5.64. The van der Waals surface area contributed by atoms with Gasteiger partial charge in [0.2, 0.25) is 0 Å². The molecule has 1 heterocycles. The van der Waals surface area contributed by atoms with Gasteiger partial charge in [-0.25, -0.2) is 4.68 Å². The second-order valence-electron chi connectivity index (χ2n) is 6.16. The minimum atomic E-state index is 0.338. The number of hydrogen-bond acceptors (Lipinski definition) is 4. The Bertz CT molecular complexity index is 569. The molecule has 1 unspecified atom stereocenters. The van der Waals surface area contributed by atoms with Crippen LogP contribution >= 0.6 is 0 Å². The van der Waals surface area contributed by atoms with Gasteiger partial charge in [-0.3, -0.25) is 0 Å². The van der Waals surface area contributed by atoms with Gasteiger partial charge in [0.1, 0.15) is 6.33 Å². The second kappa shape index (κ2) is 5.93. The third-order valence-corrected chi connectivity index (χ3v) is 4.93. The van der Waals surface area contributed by atoms with Gasteiger partial charge in [0, 0.05) is 12.6 Å². The number of rotatable bonds is 6. The largest absolute Gasteiger partial charge is 0.310 e. The van der Waals surface area contributed by atoms with E-state index in [9.17, 15) is 0 Å². The molecule has 0 spiro atoms. The van der Waals surface area contributed by atoms with Crippen LogP contribution in [-0.4, -0.2) is 26.8 Å². The summed E-state index contributed by atoms with van der Waals surface area (Å²) in [6, 6.07) is 8.72. The van der Waals surface area contributed by atoms with Gasteiger partial charge in [-0.2, -0.15) is 0 Å². The predicted octanol–water partition coefficient (Wildman–Crippen LogP) is 2.89. The average molecular weight is 285 g/mol. The monoisotopic (exact) mass is 285 g/mol. The number of benzene rings is 1. The van der Waals surface area contributed by atoms with Gasteiger partial charge in [0.05, 0.1) is 5.69 Å². The first-order valence-electron chi connectivity index (χ1n) is 7.79. The molecule has 1 saturated carbocycles. The van der Waals surface area contributed by atoms with Gasteiger partial charge in [-0.15, -0.1) is 5.10 Å². The fraction of sp³-hybridized carbons (Fsp3) is 0.562. The average Bonchev–Trinajstić information content (AvgIpc) is 3.01. The highest BCUT2D eigenvalue weighted by molar-refractivity contribution is 5.35. The molecule has 0 radical (unpaired) electrons. The van der Waals surface area contributed by atoms with Crippen LogP contribution in [0.4, 0.5) is 0 Å². The Morgan fingerprint density at radius 3 is 2.86 bits per heavy atom. The van der Waals surface area contributed by atoms with E-state index in [1.54, 1.807) is 11.0 Å². The molecular formula is C16H23N5. The second-order valence-corrected chi connectivity index (χ2v) is 6.16. The van der Waals surface area contributed by atoms with E-state index < -0.39 is 0 Å². The highest BCUT2D eigenvalue weighted by Crippen LogP contribution is 2.43. The summed E-state index contributed by atoms with van der Waals surface area (Å²) in [7, 11) is 0. The van der Waals surface area contributed by atoms with Crippen LogP contribution in [0.1, 0.15) is 51.1 Å². The van der Waals surface area contributed by atoms with E-state index in [-0.39, 0.29) is 0 Å². The number of nitrogens with one attached hydrogen (secondary N) is 1. The Labute approximate surface area is 125 Å². The lowest BCUT2D eigenvalue weighted by atomic mass is 9.67. The van der Waals surface area contributed by atoms with E-state index in [4.69, 9.17) is 0 Å². The normalized spacial score (nSPS) is 18.2. The Morgan fingerprint density at radius 2 is 2.24 bits per heavy atom. The van der Waals surface area contributed by atoms with Gasteiger partial charge in [0.15, 0.2) is 0 Å². The van der Waals surface area contributed by atoms with E-state index in [1.165, 1.54) is 31.2 Å². The molecule has 1 atom stereocenters. The topological polar surface area (TPSA) is 55.6 Å². The van der Waals surface area contributed by atoms with Crippen molar-refractivity contribution in [3.63, 3.8) is 0 Å². The molecule has 3 rings (SSSR count). The lowest BCUT2D eigenvalue weighted by molar-refractivity contribution is 0.120. The summed E-state index contributed by atoms with van der Waals surface area (Å²) < 4.78 is 1.69. The van der Waals surface area contributed by atoms with Crippen molar-refractivity contribution in [2.75, 3.05) is 6.54 Å². The fourth-order valence-corrected chi connectivity index (χ4v) is 3.04. The van der Waals surface area contributed by atoms with Crippen LogP contribution in [0.3, 0.4) is 0 Å². The van der Waals surface area contributed by atoms with Crippen molar-refractivity contribution >= 4 is 0 Å². The molecule has 1 aromatic carbocycles. The molecular weight excluding hydrogens is 262 g/mol. The van der Waals surface area contributed by atoms with Crippen LogP contribution in [0, 0.1) is 5.41 Å². The predicted molar refractivity (Wildman–Crippen MR) is 82.1 cm³/mol. The van der Waals surface area contributed by atoms with Crippen LogP contribution in [0.2, 0.25) is 0 Å². The fourth-order valence-electron chi connectivity index (χ4n) is 3.04. The highest BCUT2D eigenvalue weighted by Gasteiger charge is 2.34. The summed E-state index contributed by atoms with van der Waals surface area (Å²) >= 11 is 0. The molecule has 1 aliphatic rings. The van der Waals surface area contributed by atoms with E-state index in [2.05, 4.69) is 52.9 Å².